The third kappa shape index (κ3) is 3.50. The molecule has 0 spiro atoms. The van der Waals surface area contributed by atoms with E-state index in [0.717, 1.165) is 25.7 Å². The summed E-state index contributed by atoms with van der Waals surface area (Å²) in [6.45, 7) is 0.0191. The minimum atomic E-state index is -3.58. The van der Waals surface area contributed by atoms with Crippen LogP contribution < -0.4 is 9.46 Å². The number of hydrogen-bond acceptors (Lipinski definition) is 4. The van der Waals surface area contributed by atoms with Gasteiger partial charge >= 0.3 is 0 Å². The molecule has 0 aromatic heterocycles. The van der Waals surface area contributed by atoms with Crippen LogP contribution in [0.4, 0.5) is 0 Å². The van der Waals surface area contributed by atoms with Crippen LogP contribution in [0, 0.1) is 5.92 Å². The smallest absolute Gasteiger partial charge is 0.240 e. The molecule has 1 aliphatic carbocycles. The highest BCUT2D eigenvalue weighted by molar-refractivity contribution is 7.89. The summed E-state index contributed by atoms with van der Waals surface area (Å²) in [7, 11) is -2.07. The first-order chi connectivity index (χ1) is 9.56. The average molecular weight is 299 g/mol. The summed E-state index contributed by atoms with van der Waals surface area (Å²) in [5.74, 6) is 0.513. The van der Waals surface area contributed by atoms with E-state index in [1.807, 2.05) is 0 Å². The Morgan fingerprint density at radius 2 is 2.10 bits per heavy atom. The van der Waals surface area contributed by atoms with E-state index < -0.39 is 10.0 Å². The summed E-state index contributed by atoms with van der Waals surface area (Å²) in [6.07, 6.45) is 3.67. The number of ether oxygens (including phenoxy) is 1. The van der Waals surface area contributed by atoms with Gasteiger partial charge in [-0.3, -0.25) is 0 Å². The molecule has 0 aliphatic heterocycles. The van der Waals surface area contributed by atoms with E-state index >= 15 is 0 Å². The van der Waals surface area contributed by atoms with Crippen molar-refractivity contribution in [3.05, 3.63) is 24.3 Å². The molecule has 1 aromatic rings. The third-order valence-corrected chi connectivity index (χ3v) is 5.29. The molecule has 1 fully saturated rings. The monoisotopic (exact) mass is 299 g/mol. The lowest BCUT2D eigenvalue weighted by Crippen LogP contribution is -2.43. The molecule has 2 atom stereocenters. The second-order valence-corrected chi connectivity index (χ2v) is 6.85. The lowest BCUT2D eigenvalue weighted by molar-refractivity contribution is 0.164. The van der Waals surface area contributed by atoms with Crippen molar-refractivity contribution in [2.24, 2.45) is 5.92 Å². The van der Waals surface area contributed by atoms with Gasteiger partial charge in [-0.25, -0.2) is 13.1 Å². The molecule has 2 unspecified atom stereocenters. The van der Waals surface area contributed by atoms with E-state index in [0.29, 0.717) is 5.75 Å². The molecule has 2 rings (SSSR count). The van der Waals surface area contributed by atoms with Gasteiger partial charge in [0.05, 0.1) is 12.0 Å². The Bertz CT molecular complexity index is 544. The second kappa shape index (κ2) is 6.56. The zero-order valence-corrected chi connectivity index (χ0v) is 12.4. The van der Waals surface area contributed by atoms with Crippen LogP contribution in [-0.4, -0.2) is 33.3 Å². The fourth-order valence-electron chi connectivity index (χ4n) is 2.62. The molecule has 20 heavy (non-hydrogen) atoms. The van der Waals surface area contributed by atoms with Crippen LogP contribution in [0.3, 0.4) is 0 Å². The lowest BCUT2D eigenvalue weighted by Gasteiger charge is -2.30. The number of nitrogens with one attached hydrogen (secondary N) is 1. The molecular weight excluding hydrogens is 278 g/mol. The van der Waals surface area contributed by atoms with Crippen LogP contribution >= 0.6 is 0 Å². The van der Waals surface area contributed by atoms with E-state index in [1.54, 1.807) is 18.2 Å². The quantitative estimate of drug-likeness (QED) is 0.864. The number of methoxy groups -OCH3 is 1. The first kappa shape index (κ1) is 15.3. The largest absolute Gasteiger partial charge is 0.497 e. The predicted octanol–water partition coefficient (Wildman–Crippen LogP) is 1.52. The Kier molecular flexibility index (Phi) is 5.01. The maximum absolute atomic E-state index is 12.4. The Morgan fingerprint density at radius 3 is 2.80 bits per heavy atom. The molecule has 0 saturated heterocycles. The Balaban J connectivity index is 2.17. The zero-order chi connectivity index (χ0) is 14.6. The summed E-state index contributed by atoms with van der Waals surface area (Å²) < 4.78 is 32.5. The van der Waals surface area contributed by atoms with Gasteiger partial charge in [0, 0.05) is 18.7 Å². The molecule has 1 saturated carbocycles. The van der Waals surface area contributed by atoms with Gasteiger partial charge in [-0.1, -0.05) is 18.9 Å². The summed E-state index contributed by atoms with van der Waals surface area (Å²) in [5.41, 5.74) is 0. The number of aliphatic hydroxyl groups is 1. The predicted molar refractivity (Wildman–Crippen MR) is 76.1 cm³/mol. The van der Waals surface area contributed by atoms with Gasteiger partial charge in [-0.2, -0.15) is 0 Å². The van der Waals surface area contributed by atoms with Crippen molar-refractivity contribution in [2.75, 3.05) is 13.7 Å². The standard InChI is InChI=1S/C14H21NO4S/c1-19-12-6-4-7-13(9-12)20(17,18)15-14-8-3-2-5-11(14)10-16/h4,6-7,9,11,14-16H,2-3,5,8,10H2,1H3. The first-order valence-electron chi connectivity index (χ1n) is 6.84. The van der Waals surface area contributed by atoms with Gasteiger partial charge in [0.25, 0.3) is 0 Å². The van der Waals surface area contributed by atoms with Gasteiger partial charge in [0.15, 0.2) is 0 Å². The maximum Gasteiger partial charge on any atom is 0.240 e. The molecule has 0 radical (unpaired) electrons. The molecule has 112 valence electrons. The molecule has 6 heteroatoms. The SMILES string of the molecule is COc1cccc(S(=O)(=O)NC2CCCCC2CO)c1. The van der Waals surface area contributed by atoms with Crippen LogP contribution in [0.1, 0.15) is 25.7 Å². The average Bonchev–Trinajstić information content (AvgIpc) is 2.47. The van der Waals surface area contributed by atoms with Gasteiger partial charge in [-0.05, 0) is 30.9 Å². The molecule has 1 aromatic carbocycles. The molecule has 0 amide bonds. The van der Waals surface area contributed by atoms with Crippen molar-refractivity contribution < 1.29 is 18.3 Å². The maximum atomic E-state index is 12.4. The minimum absolute atomic E-state index is 0.00383. The normalized spacial score (nSPS) is 23.5. The third-order valence-electron chi connectivity index (χ3n) is 3.80. The topological polar surface area (TPSA) is 75.6 Å². The highest BCUT2D eigenvalue weighted by Crippen LogP contribution is 2.26. The number of hydrogen-bond donors (Lipinski definition) is 2. The number of aliphatic hydroxyl groups excluding tert-OH is 1. The molecule has 0 heterocycles. The number of rotatable bonds is 5. The summed E-state index contributed by atoms with van der Waals surface area (Å²) in [4.78, 5) is 0.194. The molecule has 0 bridgehead atoms. The summed E-state index contributed by atoms with van der Waals surface area (Å²) in [5, 5.41) is 9.36. The number of benzene rings is 1. The van der Waals surface area contributed by atoms with Crippen molar-refractivity contribution in [2.45, 2.75) is 36.6 Å². The zero-order valence-electron chi connectivity index (χ0n) is 11.6. The summed E-state index contributed by atoms with van der Waals surface area (Å²) >= 11 is 0. The van der Waals surface area contributed by atoms with Crippen molar-refractivity contribution in [1.82, 2.24) is 4.72 Å². The Labute approximate surface area is 120 Å². The highest BCUT2D eigenvalue weighted by atomic mass is 32.2. The fraction of sp³-hybridized carbons (Fsp3) is 0.571. The van der Waals surface area contributed by atoms with E-state index in [9.17, 15) is 13.5 Å². The van der Waals surface area contributed by atoms with Gasteiger partial charge in [0.2, 0.25) is 10.0 Å². The highest BCUT2D eigenvalue weighted by Gasteiger charge is 2.29. The molecule has 1 aliphatic rings. The molecular formula is C14H21NO4S. The molecule has 2 N–H and O–H groups in total. The van der Waals surface area contributed by atoms with Crippen LogP contribution in [0.2, 0.25) is 0 Å². The fourth-order valence-corrected chi connectivity index (χ4v) is 3.99. The van der Waals surface area contributed by atoms with E-state index in [4.69, 9.17) is 4.74 Å². The number of sulfonamides is 1. The first-order valence-corrected chi connectivity index (χ1v) is 8.32. The second-order valence-electron chi connectivity index (χ2n) is 5.13. The van der Waals surface area contributed by atoms with E-state index in [-0.39, 0.29) is 23.5 Å². The van der Waals surface area contributed by atoms with Crippen molar-refractivity contribution in [3.8, 4) is 5.75 Å². The summed E-state index contributed by atoms with van der Waals surface area (Å²) in [6, 6.07) is 6.21. The lowest BCUT2D eigenvalue weighted by atomic mass is 9.86. The minimum Gasteiger partial charge on any atom is -0.497 e. The van der Waals surface area contributed by atoms with Gasteiger partial charge < -0.3 is 9.84 Å². The van der Waals surface area contributed by atoms with Crippen LogP contribution in [-0.2, 0) is 10.0 Å². The van der Waals surface area contributed by atoms with Crippen LogP contribution in [0.5, 0.6) is 5.75 Å². The van der Waals surface area contributed by atoms with Gasteiger partial charge in [-0.15, -0.1) is 0 Å². The Morgan fingerprint density at radius 1 is 1.35 bits per heavy atom. The van der Waals surface area contributed by atoms with Crippen molar-refractivity contribution in [3.63, 3.8) is 0 Å². The van der Waals surface area contributed by atoms with Crippen LogP contribution in [0.15, 0.2) is 29.2 Å². The van der Waals surface area contributed by atoms with E-state index in [1.165, 1.54) is 13.2 Å². The van der Waals surface area contributed by atoms with Crippen molar-refractivity contribution >= 4 is 10.0 Å². The van der Waals surface area contributed by atoms with Gasteiger partial charge in [0.1, 0.15) is 5.75 Å². The van der Waals surface area contributed by atoms with Crippen molar-refractivity contribution in [1.29, 1.82) is 0 Å². The molecule has 5 nitrogen and oxygen atoms in total. The Hall–Kier alpha value is -1.11. The van der Waals surface area contributed by atoms with Crippen LogP contribution in [0.25, 0.3) is 0 Å². The van der Waals surface area contributed by atoms with E-state index in [2.05, 4.69) is 4.72 Å².